The molecule has 162 valence electrons. The van der Waals surface area contributed by atoms with E-state index in [0.29, 0.717) is 11.2 Å². The lowest BCUT2D eigenvalue weighted by Gasteiger charge is -2.18. The Morgan fingerprint density at radius 1 is 1.53 bits per heavy atom. The number of phosphoric acid groups is 1. The summed E-state index contributed by atoms with van der Waals surface area (Å²) in [5.74, 6) is 0.193. The Balaban J connectivity index is 1.75. The number of hydrogen-bond acceptors (Lipinski definition) is 12. The number of anilines is 1. The molecule has 0 aliphatic carbocycles. The minimum Gasteiger partial charge on any atom is -0.382 e. The molecule has 0 radical (unpaired) electrons. The van der Waals surface area contributed by atoms with Crippen molar-refractivity contribution in [2.24, 2.45) is 5.11 Å². The van der Waals surface area contributed by atoms with Gasteiger partial charge in [0.15, 0.2) is 11.5 Å². The van der Waals surface area contributed by atoms with Crippen molar-refractivity contribution < 1.29 is 36.9 Å². The van der Waals surface area contributed by atoms with Crippen molar-refractivity contribution in [3.8, 4) is 0 Å². The number of aromatic nitrogens is 4. The molecule has 1 saturated heterocycles. The largest absolute Gasteiger partial charge is 0.708 e. The van der Waals surface area contributed by atoms with Gasteiger partial charge in [0, 0.05) is 15.9 Å². The third-order valence-electron chi connectivity index (χ3n) is 4.01. The molecule has 1 fully saturated rings. The summed E-state index contributed by atoms with van der Waals surface area (Å²) in [6.07, 6.45) is 0.768. The molecule has 5 atom stereocenters. The van der Waals surface area contributed by atoms with Crippen molar-refractivity contribution in [3.05, 3.63) is 23.1 Å². The van der Waals surface area contributed by atoms with Gasteiger partial charge >= 0.3 is 16.1 Å². The van der Waals surface area contributed by atoms with Crippen LogP contribution >= 0.6 is 16.1 Å². The van der Waals surface area contributed by atoms with E-state index in [9.17, 15) is 14.0 Å². The fourth-order valence-corrected chi connectivity index (χ4v) is 4.21. The zero-order valence-electron chi connectivity index (χ0n) is 15.4. The summed E-state index contributed by atoms with van der Waals surface area (Å²) in [5, 5.41) is 3.30. The lowest BCUT2D eigenvalue weighted by atomic mass is 10.2. The van der Waals surface area contributed by atoms with Gasteiger partial charge in [0.2, 0.25) is 0 Å². The molecule has 2 aromatic heterocycles. The summed E-state index contributed by atoms with van der Waals surface area (Å²) < 4.78 is 49.4. The molecule has 2 aromatic rings. The van der Waals surface area contributed by atoms with Gasteiger partial charge < -0.3 is 15.2 Å². The average Bonchev–Trinajstić information content (AvgIpc) is 3.31. The molecule has 1 aliphatic heterocycles. The van der Waals surface area contributed by atoms with Crippen LogP contribution in [0.3, 0.4) is 0 Å². The molecule has 3 N–H and O–H groups in total. The maximum absolute atomic E-state index is 11.9. The summed E-state index contributed by atoms with van der Waals surface area (Å²) in [6, 6.07) is 0. The molecule has 30 heavy (non-hydrogen) atoms. The molecule has 3 heterocycles. The smallest absolute Gasteiger partial charge is 0.382 e. The zero-order valence-corrected chi connectivity index (χ0v) is 17.2. The second-order valence-corrected chi connectivity index (χ2v) is 8.43. The molecular weight excluding hydrogens is 446 g/mol. The number of rotatable bonds is 10. The van der Waals surface area contributed by atoms with E-state index in [1.165, 1.54) is 12.7 Å². The highest BCUT2D eigenvalue weighted by Gasteiger charge is 2.42. The van der Waals surface area contributed by atoms with Gasteiger partial charge in [-0.05, 0) is 9.84 Å². The quantitative estimate of drug-likeness (QED) is 0.223. The molecule has 0 saturated carbocycles. The molecule has 18 heteroatoms. The average molecular weight is 463 g/mol. The van der Waals surface area contributed by atoms with E-state index in [0.717, 1.165) is 7.11 Å². The van der Waals surface area contributed by atoms with Crippen LogP contribution in [-0.2, 0) is 32.0 Å². The Morgan fingerprint density at radius 2 is 2.33 bits per heavy atom. The first-order valence-electron chi connectivity index (χ1n) is 8.24. The van der Waals surface area contributed by atoms with Gasteiger partial charge in [0.05, 0.1) is 26.1 Å². The fourth-order valence-electron chi connectivity index (χ4n) is 2.74. The van der Waals surface area contributed by atoms with Crippen LogP contribution in [-0.4, -0.2) is 57.1 Å². The van der Waals surface area contributed by atoms with Crippen LogP contribution < -0.4 is 5.73 Å². The Bertz CT molecular complexity index is 1010. The van der Waals surface area contributed by atoms with Crippen molar-refractivity contribution in [2.75, 3.05) is 26.2 Å². The van der Waals surface area contributed by atoms with E-state index in [2.05, 4.69) is 33.8 Å². The molecule has 0 bridgehead atoms. The molecular formula is C12H17N8O8P2+. The topological polar surface area (TPSA) is 219 Å². The number of phosphoric ester groups is 1. The lowest BCUT2D eigenvalue weighted by molar-refractivity contribution is -0.0581. The van der Waals surface area contributed by atoms with Gasteiger partial charge in [-0.15, -0.1) is 4.52 Å². The van der Waals surface area contributed by atoms with Crippen molar-refractivity contribution in [2.45, 2.75) is 24.9 Å². The van der Waals surface area contributed by atoms with Gasteiger partial charge in [0.1, 0.15) is 30.9 Å². The van der Waals surface area contributed by atoms with Crippen LogP contribution in [0.5, 0.6) is 0 Å². The number of nitrogen functional groups attached to an aromatic ring is 1. The van der Waals surface area contributed by atoms with Gasteiger partial charge in [-0.1, -0.05) is 5.11 Å². The van der Waals surface area contributed by atoms with Gasteiger partial charge in [-0.25, -0.2) is 19.5 Å². The molecule has 2 unspecified atom stereocenters. The number of hydrogen-bond donors (Lipinski definition) is 2. The SMILES string of the molecule is CO[P+](=O)OP(=O)(O)OC[C@H]1O[C@@H](n2cnc3c(N)ncnc32)C[C@@H]1OCN=[N+]=[N-]. The second kappa shape index (κ2) is 9.71. The van der Waals surface area contributed by atoms with Crippen molar-refractivity contribution in [3.63, 3.8) is 0 Å². The van der Waals surface area contributed by atoms with Crippen LogP contribution in [0.4, 0.5) is 5.82 Å². The highest BCUT2D eigenvalue weighted by Crippen LogP contribution is 2.52. The standard InChI is InChI=1S/C12H16N8O8P2/c1-24-29(21)28-30(22,23)26-3-8-7(25-6-18-19-14)2-9(27-8)20-5-17-10-11(13)15-4-16-12(10)20/h4-5,7-9H,2-3,6H2,1H3,(H2-,13,15,16,22,23)/p+1/t7-,8+,9+/m0/s1. The Kier molecular flexibility index (Phi) is 7.26. The van der Waals surface area contributed by atoms with Crippen LogP contribution in [0, 0.1) is 0 Å². The van der Waals surface area contributed by atoms with Crippen LogP contribution in [0.15, 0.2) is 17.8 Å². The number of nitrogens with two attached hydrogens (primary N) is 1. The van der Waals surface area contributed by atoms with Crippen molar-refractivity contribution in [1.82, 2.24) is 19.5 Å². The number of nitrogens with zero attached hydrogens (tertiary/aromatic N) is 7. The van der Waals surface area contributed by atoms with E-state index in [4.69, 9.17) is 25.3 Å². The van der Waals surface area contributed by atoms with Gasteiger partial charge in [-0.2, -0.15) is 0 Å². The predicted molar refractivity (Wildman–Crippen MR) is 98.6 cm³/mol. The minimum absolute atomic E-state index is 0.193. The van der Waals surface area contributed by atoms with E-state index in [1.807, 2.05) is 0 Å². The minimum atomic E-state index is -4.68. The lowest BCUT2D eigenvalue weighted by Crippen LogP contribution is -2.29. The Hall–Kier alpha value is -2.25. The molecule has 16 nitrogen and oxygen atoms in total. The summed E-state index contributed by atoms with van der Waals surface area (Å²) in [4.78, 5) is 24.4. The molecule has 3 rings (SSSR count). The first-order chi connectivity index (χ1) is 14.3. The van der Waals surface area contributed by atoms with E-state index < -0.39 is 41.1 Å². The van der Waals surface area contributed by atoms with Crippen molar-refractivity contribution in [1.29, 1.82) is 0 Å². The number of ether oxygens (including phenoxy) is 2. The normalized spacial score (nSPS) is 23.8. The molecule has 1 aliphatic rings. The Morgan fingerprint density at radius 3 is 3.07 bits per heavy atom. The number of imidazole rings is 1. The van der Waals surface area contributed by atoms with Crippen molar-refractivity contribution >= 4 is 33.1 Å². The third kappa shape index (κ3) is 5.26. The van der Waals surface area contributed by atoms with Gasteiger partial charge in [-0.3, -0.25) is 14.0 Å². The predicted octanol–water partition coefficient (Wildman–Crippen LogP) is 1.79. The van der Waals surface area contributed by atoms with Crippen LogP contribution in [0.2, 0.25) is 0 Å². The summed E-state index contributed by atoms with van der Waals surface area (Å²) in [7, 11) is -6.48. The summed E-state index contributed by atoms with van der Waals surface area (Å²) >= 11 is 0. The first kappa shape index (κ1) is 22.4. The number of azide groups is 1. The number of fused-ring (bicyclic) bond motifs is 1. The van der Waals surface area contributed by atoms with Crippen LogP contribution in [0.25, 0.3) is 21.6 Å². The Labute approximate surface area is 169 Å². The summed E-state index contributed by atoms with van der Waals surface area (Å²) in [6.45, 7) is -0.752. The van der Waals surface area contributed by atoms with E-state index in [-0.39, 0.29) is 19.0 Å². The monoisotopic (exact) mass is 463 g/mol. The molecule has 0 amide bonds. The van der Waals surface area contributed by atoms with Gasteiger partial charge in [0.25, 0.3) is 0 Å². The van der Waals surface area contributed by atoms with E-state index in [1.54, 1.807) is 4.57 Å². The fraction of sp³-hybridized carbons (Fsp3) is 0.583. The highest BCUT2D eigenvalue weighted by molar-refractivity contribution is 7.56. The maximum Gasteiger partial charge on any atom is 0.708 e. The molecule has 0 spiro atoms. The second-order valence-electron chi connectivity index (χ2n) is 5.77. The van der Waals surface area contributed by atoms with Crippen LogP contribution in [0.1, 0.15) is 12.6 Å². The maximum atomic E-state index is 11.9. The first-order valence-corrected chi connectivity index (χ1v) is 10.8. The molecule has 0 aromatic carbocycles. The highest BCUT2D eigenvalue weighted by atomic mass is 31.2. The third-order valence-corrected chi connectivity index (χ3v) is 6.14. The van der Waals surface area contributed by atoms with E-state index >= 15 is 0 Å². The summed E-state index contributed by atoms with van der Waals surface area (Å²) in [5.41, 5.74) is 15.0. The zero-order chi connectivity index (χ0) is 21.7.